The molecule has 0 aliphatic rings. The van der Waals surface area contributed by atoms with Crippen molar-refractivity contribution < 1.29 is 0 Å². The minimum absolute atomic E-state index is 0.146. The van der Waals surface area contributed by atoms with Gasteiger partial charge in [0.05, 0.1) is 20.9 Å². The summed E-state index contributed by atoms with van der Waals surface area (Å²) < 4.78 is 4.61. The van der Waals surface area contributed by atoms with Gasteiger partial charge in [-0.25, -0.2) is 0 Å². The summed E-state index contributed by atoms with van der Waals surface area (Å²) in [5.41, 5.74) is 6.95. The second-order valence-electron chi connectivity index (χ2n) is 2.84. The second kappa shape index (κ2) is 3.94. The van der Waals surface area contributed by atoms with Gasteiger partial charge >= 0.3 is 0 Å². The van der Waals surface area contributed by atoms with Gasteiger partial charge in [0.2, 0.25) is 0 Å². The highest BCUT2D eigenvalue weighted by Gasteiger charge is 2.16. The molecule has 0 saturated carbocycles. The number of aromatic nitrogens is 2. The SMILES string of the molecule is Cc1nnsc1C(N)c1ccc(Cl)s1. The fourth-order valence-electron chi connectivity index (χ4n) is 1.15. The van der Waals surface area contributed by atoms with Crippen LogP contribution in [0.15, 0.2) is 12.1 Å². The highest BCUT2D eigenvalue weighted by Crippen LogP contribution is 2.31. The van der Waals surface area contributed by atoms with E-state index < -0.39 is 0 Å². The number of thiophene rings is 1. The molecule has 2 N–H and O–H groups in total. The molecule has 0 saturated heterocycles. The molecule has 6 heteroatoms. The molecular formula is C8H8ClN3S2. The van der Waals surface area contributed by atoms with Crippen LogP contribution in [-0.4, -0.2) is 9.59 Å². The smallest absolute Gasteiger partial charge is 0.0931 e. The minimum atomic E-state index is -0.146. The van der Waals surface area contributed by atoms with Crippen LogP contribution >= 0.6 is 34.5 Å². The maximum Gasteiger partial charge on any atom is 0.0931 e. The van der Waals surface area contributed by atoms with Gasteiger partial charge in [-0.2, -0.15) is 0 Å². The third kappa shape index (κ3) is 1.81. The number of hydrogen-bond donors (Lipinski definition) is 1. The Morgan fingerprint density at radius 3 is 2.79 bits per heavy atom. The Bertz CT molecular complexity index is 437. The van der Waals surface area contributed by atoms with Crippen LogP contribution in [0.2, 0.25) is 4.34 Å². The Balaban J connectivity index is 2.33. The Labute approximate surface area is 94.7 Å². The summed E-state index contributed by atoms with van der Waals surface area (Å²) in [6.45, 7) is 1.91. The lowest BCUT2D eigenvalue weighted by Crippen LogP contribution is -2.09. The summed E-state index contributed by atoms with van der Waals surface area (Å²) in [5, 5.41) is 3.93. The number of nitrogens with zero attached hydrogens (tertiary/aromatic N) is 2. The van der Waals surface area contributed by atoms with Crippen LogP contribution in [0.25, 0.3) is 0 Å². The predicted octanol–water partition coefficient (Wildman–Crippen LogP) is 2.61. The van der Waals surface area contributed by atoms with Crippen LogP contribution in [0.4, 0.5) is 0 Å². The van der Waals surface area contributed by atoms with Crippen molar-refractivity contribution in [2.45, 2.75) is 13.0 Å². The normalized spacial score (nSPS) is 13.1. The monoisotopic (exact) mass is 245 g/mol. The third-order valence-electron chi connectivity index (χ3n) is 1.87. The van der Waals surface area contributed by atoms with Crippen LogP contribution in [0.3, 0.4) is 0 Å². The first-order chi connectivity index (χ1) is 6.68. The topological polar surface area (TPSA) is 51.8 Å². The van der Waals surface area contributed by atoms with E-state index >= 15 is 0 Å². The summed E-state index contributed by atoms with van der Waals surface area (Å²) >= 11 is 8.67. The third-order valence-corrected chi connectivity index (χ3v) is 4.09. The Morgan fingerprint density at radius 1 is 1.50 bits per heavy atom. The first-order valence-corrected chi connectivity index (χ1v) is 5.95. The van der Waals surface area contributed by atoms with Gasteiger partial charge in [0, 0.05) is 4.88 Å². The molecular weight excluding hydrogens is 238 g/mol. The Hall–Kier alpha value is -0.490. The minimum Gasteiger partial charge on any atom is -0.319 e. The van der Waals surface area contributed by atoms with Crippen molar-refractivity contribution in [2.75, 3.05) is 0 Å². The zero-order valence-electron chi connectivity index (χ0n) is 7.40. The highest BCUT2D eigenvalue weighted by atomic mass is 35.5. The molecule has 3 nitrogen and oxygen atoms in total. The molecule has 2 rings (SSSR count). The molecule has 14 heavy (non-hydrogen) atoms. The van der Waals surface area contributed by atoms with Crippen LogP contribution in [0.5, 0.6) is 0 Å². The van der Waals surface area contributed by atoms with E-state index in [1.54, 1.807) is 0 Å². The van der Waals surface area contributed by atoms with Gasteiger partial charge in [0.25, 0.3) is 0 Å². The Morgan fingerprint density at radius 2 is 2.29 bits per heavy atom. The van der Waals surface area contributed by atoms with Gasteiger partial charge in [-0.05, 0) is 30.6 Å². The standard InChI is InChI=1S/C8H8ClN3S2/c1-4-8(14-12-11-4)7(10)5-2-3-6(9)13-5/h2-3,7H,10H2,1H3. The Kier molecular flexibility index (Phi) is 2.83. The van der Waals surface area contributed by atoms with Gasteiger partial charge in [0.1, 0.15) is 0 Å². The molecule has 0 spiro atoms. The number of rotatable bonds is 2. The summed E-state index contributed by atoms with van der Waals surface area (Å²) in [6, 6.07) is 3.65. The van der Waals surface area contributed by atoms with Crippen LogP contribution in [0, 0.1) is 6.92 Å². The van der Waals surface area contributed by atoms with Crippen LogP contribution in [0.1, 0.15) is 21.5 Å². The molecule has 0 fully saturated rings. The number of halogens is 1. The van der Waals surface area contributed by atoms with Gasteiger partial charge in [-0.15, -0.1) is 16.4 Å². The van der Waals surface area contributed by atoms with Crippen molar-refractivity contribution >= 4 is 34.5 Å². The number of aryl methyl sites for hydroxylation is 1. The predicted molar refractivity (Wildman–Crippen MR) is 60.0 cm³/mol. The second-order valence-corrected chi connectivity index (χ2v) is 5.37. The van der Waals surface area contributed by atoms with Crippen LogP contribution < -0.4 is 5.73 Å². The molecule has 0 bridgehead atoms. The van der Waals surface area contributed by atoms with Gasteiger partial charge in [0.15, 0.2) is 0 Å². The first kappa shape index (κ1) is 10.0. The average molecular weight is 246 g/mol. The lowest BCUT2D eigenvalue weighted by atomic mass is 10.2. The maximum atomic E-state index is 6.06. The molecule has 0 aliphatic heterocycles. The zero-order valence-corrected chi connectivity index (χ0v) is 9.79. The first-order valence-electron chi connectivity index (χ1n) is 3.98. The van der Waals surface area contributed by atoms with E-state index in [1.807, 2.05) is 19.1 Å². The molecule has 1 atom stereocenters. The molecule has 0 aliphatic carbocycles. The van der Waals surface area contributed by atoms with Crippen molar-refractivity contribution in [3.63, 3.8) is 0 Å². The van der Waals surface area contributed by atoms with Crippen molar-refractivity contribution in [1.29, 1.82) is 0 Å². The van der Waals surface area contributed by atoms with E-state index in [0.717, 1.165) is 19.8 Å². The van der Waals surface area contributed by atoms with E-state index in [9.17, 15) is 0 Å². The van der Waals surface area contributed by atoms with E-state index in [-0.39, 0.29) is 6.04 Å². The molecule has 2 aromatic rings. The quantitative estimate of drug-likeness (QED) is 0.885. The van der Waals surface area contributed by atoms with Gasteiger partial charge in [-0.3, -0.25) is 0 Å². The highest BCUT2D eigenvalue weighted by molar-refractivity contribution is 7.16. The number of hydrogen-bond acceptors (Lipinski definition) is 5. The summed E-state index contributed by atoms with van der Waals surface area (Å²) in [7, 11) is 0. The van der Waals surface area contributed by atoms with E-state index in [2.05, 4.69) is 9.59 Å². The summed E-state index contributed by atoms with van der Waals surface area (Å²) in [5.74, 6) is 0. The van der Waals surface area contributed by atoms with Gasteiger partial charge in [-0.1, -0.05) is 16.1 Å². The fraction of sp³-hybridized carbons (Fsp3) is 0.250. The van der Waals surface area contributed by atoms with Gasteiger partial charge < -0.3 is 5.73 Å². The molecule has 0 radical (unpaired) electrons. The summed E-state index contributed by atoms with van der Waals surface area (Å²) in [6.07, 6.45) is 0. The molecule has 74 valence electrons. The van der Waals surface area contributed by atoms with Crippen molar-refractivity contribution in [3.05, 3.63) is 31.9 Å². The molecule has 2 heterocycles. The zero-order chi connectivity index (χ0) is 10.1. The van der Waals surface area contributed by atoms with Crippen LogP contribution in [-0.2, 0) is 0 Å². The van der Waals surface area contributed by atoms with Crippen molar-refractivity contribution in [2.24, 2.45) is 5.73 Å². The average Bonchev–Trinajstić information content (AvgIpc) is 2.73. The lowest BCUT2D eigenvalue weighted by molar-refractivity contribution is 0.895. The molecule has 0 aromatic carbocycles. The lowest BCUT2D eigenvalue weighted by Gasteiger charge is -2.05. The van der Waals surface area contributed by atoms with E-state index in [0.29, 0.717) is 0 Å². The molecule has 0 amide bonds. The summed E-state index contributed by atoms with van der Waals surface area (Å²) in [4.78, 5) is 2.05. The van der Waals surface area contributed by atoms with Crippen molar-refractivity contribution in [1.82, 2.24) is 9.59 Å². The van der Waals surface area contributed by atoms with E-state index in [4.69, 9.17) is 17.3 Å². The molecule has 2 aromatic heterocycles. The van der Waals surface area contributed by atoms with Crippen molar-refractivity contribution in [3.8, 4) is 0 Å². The number of nitrogens with two attached hydrogens (primary N) is 1. The van der Waals surface area contributed by atoms with E-state index in [1.165, 1.54) is 22.9 Å². The maximum absolute atomic E-state index is 6.06. The molecule has 1 unspecified atom stereocenters. The fourth-order valence-corrected chi connectivity index (χ4v) is 2.96. The largest absolute Gasteiger partial charge is 0.319 e.